The summed E-state index contributed by atoms with van der Waals surface area (Å²) in [7, 11) is 1.45. The van der Waals surface area contributed by atoms with Crippen molar-refractivity contribution in [2.24, 2.45) is 5.73 Å². The van der Waals surface area contributed by atoms with Gasteiger partial charge in [-0.05, 0) is 18.6 Å². The summed E-state index contributed by atoms with van der Waals surface area (Å²) in [6, 6.07) is 5.03. The van der Waals surface area contributed by atoms with Crippen LogP contribution in [0.15, 0.2) is 18.2 Å². The summed E-state index contributed by atoms with van der Waals surface area (Å²) in [6.07, 6.45) is -3.02. The Hall–Kier alpha value is -1.59. The van der Waals surface area contributed by atoms with Gasteiger partial charge in [0.1, 0.15) is 11.9 Å². The molecule has 0 aliphatic carbocycles. The number of primary amides is 1. The van der Waals surface area contributed by atoms with Crippen LogP contribution in [0.2, 0.25) is 0 Å². The minimum absolute atomic E-state index is 0.333. The molecule has 0 saturated carbocycles. The molecule has 0 aliphatic heterocycles. The number of methoxy groups -OCH3 is 1. The number of carbonyl (C=O) groups is 1. The minimum atomic E-state index is -1.64. The lowest BCUT2D eigenvalue weighted by molar-refractivity contribution is -0.132. The van der Waals surface area contributed by atoms with Gasteiger partial charge >= 0.3 is 0 Å². The smallest absolute Gasteiger partial charge is 0.249 e. The normalized spacial score (nSPS) is 14.2. The Morgan fingerprint density at radius 3 is 2.56 bits per heavy atom. The molecule has 0 saturated heterocycles. The quantitative estimate of drug-likeness (QED) is 0.666. The predicted octanol–water partition coefficient (Wildman–Crippen LogP) is -0.117. The topological polar surface area (TPSA) is 92.8 Å². The van der Waals surface area contributed by atoms with Gasteiger partial charge in [-0.25, -0.2) is 0 Å². The fraction of sp³-hybridized carbons (Fsp3) is 0.364. The molecule has 16 heavy (non-hydrogen) atoms. The van der Waals surface area contributed by atoms with E-state index in [0.717, 1.165) is 5.56 Å². The fourth-order valence-corrected chi connectivity index (χ4v) is 1.39. The zero-order valence-electron chi connectivity index (χ0n) is 9.18. The summed E-state index contributed by atoms with van der Waals surface area (Å²) in [4.78, 5) is 10.8. The van der Waals surface area contributed by atoms with Crippen molar-refractivity contribution in [3.05, 3.63) is 29.3 Å². The SMILES string of the molecule is COc1cc(C)ccc1C(O)C(O)C(N)=O. The van der Waals surface area contributed by atoms with Gasteiger partial charge < -0.3 is 20.7 Å². The number of ether oxygens (including phenoxy) is 1. The van der Waals surface area contributed by atoms with Crippen LogP contribution in [0.5, 0.6) is 5.75 Å². The van der Waals surface area contributed by atoms with Gasteiger partial charge in [0.25, 0.3) is 0 Å². The Morgan fingerprint density at radius 2 is 2.06 bits per heavy atom. The molecule has 0 spiro atoms. The van der Waals surface area contributed by atoms with Crippen molar-refractivity contribution >= 4 is 5.91 Å². The summed E-state index contributed by atoms with van der Waals surface area (Å²) < 4.78 is 5.05. The Kier molecular flexibility index (Phi) is 3.87. The minimum Gasteiger partial charge on any atom is -0.496 e. The van der Waals surface area contributed by atoms with Gasteiger partial charge in [0.05, 0.1) is 7.11 Å². The summed E-state index contributed by atoms with van der Waals surface area (Å²) in [5.74, 6) is -0.567. The molecule has 0 aromatic heterocycles. The van der Waals surface area contributed by atoms with Crippen molar-refractivity contribution in [3.8, 4) is 5.75 Å². The van der Waals surface area contributed by atoms with Crippen LogP contribution in [0.1, 0.15) is 17.2 Å². The molecular formula is C11H15NO4. The Balaban J connectivity index is 3.07. The van der Waals surface area contributed by atoms with Crippen molar-refractivity contribution < 1.29 is 19.7 Å². The number of hydrogen-bond donors (Lipinski definition) is 3. The average Bonchev–Trinajstić information content (AvgIpc) is 2.26. The first-order valence-corrected chi connectivity index (χ1v) is 4.77. The molecule has 0 fully saturated rings. The molecule has 5 heteroatoms. The maximum absolute atomic E-state index is 10.8. The van der Waals surface area contributed by atoms with Crippen molar-refractivity contribution in [2.45, 2.75) is 19.1 Å². The van der Waals surface area contributed by atoms with E-state index in [9.17, 15) is 15.0 Å². The highest BCUT2D eigenvalue weighted by molar-refractivity contribution is 5.79. The van der Waals surface area contributed by atoms with E-state index >= 15 is 0 Å². The molecular weight excluding hydrogens is 210 g/mol. The van der Waals surface area contributed by atoms with Crippen molar-refractivity contribution in [1.82, 2.24) is 0 Å². The number of aliphatic hydroxyl groups is 2. The summed E-state index contributed by atoms with van der Waals surface area (Å²) >= 11 is 0. The number of aliphatic hydroxyl groups excluding tert-OH is 2. The van der Waals surface area contributed by atoms with E-state index in [1.165, 1.54) is 7.11 Å². The van der Waals surface area contributed by atoms with E-state index in [2.05, 4.69) is 0 Å². The Morgan fingerprint density at radius 1 is 1.44 bits per heavy atom. The molecule has 5 nitrogen and oxygen atoms in total. The first kappa shape index (κ1) is 12.5. The molecule has 0 radical (unpaired) electrons. The van der Waals surface area contributed by atoms with Crippen LogP contribution < -0.4 is 10.5 Å². The summed E-state index contributed by atoms with van der Waals surface area (Å²) in [5.41, 5.74) is 6.18. The predicted molar refractivity (Wildman–Crippen MR) is 57.9 cm³/mol. The number of carbonyl (C=O) groups excluding carboxylic acids is 1. The average molecular weight is 225 g/mol. The Labute approximate surface area is 93.5 Å². The molecule has 1 rings (SSSR count). The first-order valence-electron chi connectivity index (χ1n) is 4.77. The van der Waals surface area contributed by atoms with E-state index in [1.54, 1.807) is 18.2 Å². The lowest BCUT2D eigenvalue weighted by Crippen LogP contribution is -2.34. The molecule has 1 aromatic carbocycles. The number of rotatable bonds is 4. The van der Waals surface area contributed by atoms with Crippen LogP contribution in [-0.4, -0.2) is 29.3 Å². The van der Waals surface area contributed by atoms with Crippen molar-refractivity contribution in [2.75, 3.05) is 7.11 Å². The molecule has 0 bridgehead atoms. The Bertz CT molecular complexity index is 392. The molecule has 0 aliphatic rings. The van der Waals surface area contributed by atoms with E-state index in [-0.39, 0.29) is 0 Å². The van der Waals surface area contributed by atoms with Gasteiger partial charge in [-0.3, -0.25) is 4.79 Å². The van der Waals surface area contributed by atoms with E-state index in [4.69, 9.17) is 10.5 Å². The van der Waals surface area contributed by atoms with Crippen LogP contribution in [0.4, 0.5) is 0 Å². The molecule has 88 valence electrons. The number of amides is 1. The number of aryl methyl sites for hydroxylation is 1. The van der Waals surface area contributed by atoms with E-state index in [1.807, 2.05) is 6.92 Å². The number of benzene rings is 1. The third-order valence-corrected chi connectivity index (χ3v) is 2.30. The van der Waals surface area contributed by atoms with Gasteiger partial charge in [0.2, 0.25) is 5.91 Å². The molecule has 2 atom stereocenters. The molecule has 1 amide bonds. The molecule has 4 N–H and O–H groups in total. The van der Waals surface area contributed by atoms with Crippen LogP contribution in [0.3, 0.4) is 0 Å². The van der Waals surface area contributed by atoms with Crippen molar-refractivity contribution in [1.29, 1.82) is 0 Å². The highest BCUT2D eigenvalue weighted by atomic mass is 16.5. The third kappa shape index (κ3) is 2.50. The largest absolute Gasteiger partial charge is 0.496 e. The second kappa shape index (κ2) is 4.96. The van der Waals surface area contributed by atoms with Crippen LogP contribution in [0.25, 0.3) is 0 Å². The summed E-state index contributed by atoms with van der Waals surface area (Å²) in [5, 5.41) is 19.1. The van der Waals surface area contributed by atoms with Gasteiger partial charge in [-0.1, -0.05) is 12.1 Å². The summed E-state index contributed by atoms with van der Waals surface area (Å²) in [6.45, 7) is 1.86. The van der Waals surface area contributed by atoms with Crippen LogP contribution in [-0.2, 0) is 4.79 Å². The number of hydrogen-bond acceptors (Lipinski definition) is 4. The molecule has 1 aromatic rings. The second-order valence-electron chi connectivity index (χ2n) is 3.54. The van der Waals surface area contributed by atoms with Gasteiger partial charge in [0, 0.05) is 5.56 Å². The second-order valence-corrected chi connectivity index (χ2v) is 3.54. The van der Waals surface area contributed by atoms with Gasteiger partial charge in [0.15, 0.2) is 6.10 Å². The molecule has 0 heterocycles. The number of nitrogens with two attached hydrogens (primary N) is 1. The van der Waals surface area contributed by atoms with E-state index in [0.29, 0.717) is 11.3 Å². The van der Waals surface area contributed by atoms with Gasteiger partial charge in [-0.15, -0.1) is 0 Å². The van der Waals surface area contributed by atoms with Crippen molar-refractivity contribution in [3.63, 3.8) is 0 Å². The third-order valence-electron chi connectivity index (χ3n) is 2.30. The lowest BCUT2D eigenvalue weighted by atomic mass is 10.0. The highest BCUT2D eigenvalue weighted by Crippen LogP contribution is 2.28. The van der Waals surface area contributed by atoms with Crippen LogP contribution in [0, 0.1) is 6.92 Å². The monoisotopic (exact) mass is 225 g/mol. The van der Waals surface area contributed by atoms with E-state index < -0.39 is 18.1 Å². The lowest BCUT2D eigenvalue weighted by Gasteiger charge is -2.18. The zero-order chi connectivity index (χ0) is 12.3. The highest BCUT2D eigenvalue weighted by Gasteiger charge is 2.25. The fourth-order valence-electron chi connectivity index (χ4n) is 1.39. The standard InChI is InChI=1S/C11H15NO4/c1-6-3-4-7(8(5-6)16-2)9(13)10(14)11(12)15/h3-5,9-10,13-14H,1-2H3,(H2,12,15). The van der Waals surface area contributed by atoms with Gasteiger partial charge in [-0.2, -0.15) is 0 Å². The first-order chi connectivity index (χ1) is 7.47. The maximum atomic E-state index is 10.8. The molecule has 2 unspecified atom stereocenters. The maximum Gasteiger partial charge on any atom is 0.249 e. The zero-order valence-corrected chi connectivity index (χ0v) is 9.18. The van der Waals surface area contributed by atoms with Crippen LogP contribution >= 0.6 is 0 Å².